The van der Waals surface area contributed by atoms with Crippen molar-refractivity contribution < 1.29 is 14.4 Å². The van der Waals surface area contributed by atoms with E-state index in [1.807, 2.05) is 34.2 Å². The molecule has 1 aromatic heterocycles. The van der Waals surface area contributed by atoms with E-state index in [1.165, 1.54) is 11.3 Å². The normalized spacial score (nSPS) is 13.4. The SMILES string of the molecule is O=C(Nc1ccccc1C(=O)Nc1ccc(CC(=O)N2CCSCC2)cc1)c1cccs1. The lowest BCUT2D eigenvalue weighted by molar-refractivity contribution is -0.130. The Morgan fingerprint density at radius 3 is 2.31 bits per heavy atom. The number of hydrogen-bond acceptors (Lipinski definition) is 5. The number of nitrogens with one attached hydrogen (secondary N) is 2. The number of thiophene rings is 1. The minimum Gasteiger partial charge on any atom is -0.341 e. The molecule has 2 aromatic carbocycles. The zero-order valence-corrected chi connectivity index (χ0v) is 19.0. The van der Waals surface area contributed by atoms with Crippen molar-refractivity contribution in [3.8, 4) is 0 Å². The zero-order chi connectivity index (χ0) is 22.3. The Bertz CT molecular complexity index is 1090. The van der Waals surface area contributed by atoms with Crippen LogP contribution in [0.5, 0.6) is 0 Å². The summed E-state index contributed by atoms with van der Waals surface area (Å²) in [5, 5.41) is 7.50. The second-order valence-electron chi connectivity index (χ2n) is 7.30. The molecule has 8 heteroatoms. The number of nitrogens with zero attached hydrogens (tertiary/aromatic N) is 1. The van der Waals surface area contributed by atoms with Crippen molar-refractivity contribution in [3.05, 3.63) is 82.0 Å². The Morgan fingerprint density at radius 1 is 0.844 bits per heavy atom. The van der Waals surface area contributed by atoms with E-state index >= 15 is 0 Å². The summed E-state index contributed by atoms with van der Waals surface area (Å²) in [7, 11) is 0. The van der Waals surface area contributed by atoms with Gasteiger partial charge >= 0.3 is 0 Å². The second-order valence-corrected chi connectivity index (χ2v) is 9.47. The predicted octanol–water partition coefficient (Wildman–Crippen LogP) is 4.37. The molecular formula is C24H23N3O3S2. The van der Waals surface area contributed by atoms with Gasteiger partial charge in [-0.05, 0) is 41.3 Å². The van der Waals surface area contributed by atoms with Crippen LogP contribution in [0.3, 0.4) is 0 Å². The number of carbonyl (C=O) groups is 3. The molecule has 3 amide bonds. The monoisotopic (exact) mass is 465 g/mol. The molecular weight excluding hydrogens is 442 g/mol. The number of para-hydroxylation sites is 1. The van der Waals surface area contributed by atoms with Crippen LogP contribution in [0, 0.1) is 0 Å². The molecule has 2 N–H and O–H groups in total. The Labute approximate surface area is 195 Å². The highest BCUT2D eigenvalue weighted by Crippen LogP contribution is 2.20. The summed E-state index contributed by atoms with van der Waals surface area (Å²) < 4.78 is 0. The maximum atomic E-state index is 12.8. The van der Waals surface area contributed by atoms with Gasteiger partial charge in [-0.25, -0.2) is 0 Å². The predicted molar refractivity (Wildman–Crippen MR) is 131 cm³/mol. The lowest BCUT2D eigenvalue weighted by atomic mass is 10.1. The first-order chi connectivity index (χ1) is 15.6. The molecule has 1 aliphatic heterocycles. The standard InChI is InChI=1S/C24H23N3O3S2/c28-22(27-11-14-31-15-12-27)16-17-7-9-18(10-8-17)25-23(29)19-4-1-2-5-20(19)26-24(30)21-6-3-13-32-21/h1-10,13H,11-12,14-16H2,(H,25,29)(H,26,30). The molecule has 0 aliphatic carbocycles. The molecule has 1 aliphatic rings. The largest absolute Gasteiger partial charge is 0.341 e. The molecule has 1 saturated heterocycles. The van der Waals surface area contributed by atoms with Crippen LogP contribution in [0.2, 0.25) is 0 Å². The lowest BCUT2D eigenvalue weighted by Crippen LogP contribution is -2.38. The van der Waals surface area contributed by atoms with Crippen LogP contribution < -0.4 is 10.6 Å². The number of benzene rings is 2. The molecule has 32 heavy (non-hydrogen) atoms. The molecule has 1 fully saturated rings. The third-order valence-electron chi connectivity index (χ3n) is 5.10. The van der Waals surface area contributed by atoms with Gasteiger partial charge in [0, 0.05) is 30.3 Å². The van der Waals surface area contributed by atoms with Gasteiger partial charge in [-0.15, -0.1) is 11.3 Å². The molecule has 0 bridgehead atoms. The number of carbonyl (C=O) groups excluding carboxylic acids is 3. The summed E-state index contributed by atoms with van der Waals surface area (Å²) in [5.41, 5.74) is 2.36. The van der Waals surface area contributed by atoms with E-state index in [2.05, 4.69) is 10.6 Å². The van der Waals surface area contributed by atoms with Crippen molar-refractivity contribution in [2.45, 2.75) is 6.42 Å². The Hall–Kier alpha value is -3.10. The van der Waals surface area contributed by atoms with Crippen molar-refractivity contribution in [1.82, 2.24) is 4.90 Å². The smallest absolute Gasteiger partial charge is 0.265 e. The summed E-state index contributed by atoms with van der Waals surface area (Å²) in [4.78, 5) is 40.2. The summed E-state index contributed by atoms with van der Waals surface area (Å²) >= 11 is 3.22. The second kappa shape index (κ2) is 10.5. The first-order valence-electron chi connectivity index (χ1n) is 10.3. The van der Waals surface area contributed by atoms with Crippen molar-refractivity contribution in [2.24, 2.45) is 0 Å². The molecule has 0 radical (unpaired) electrons. The summed E-state index contributed by atoms with van der Waals surface area (Å²) in [6, 6.07) is 17.7. The van der Waals surface area contributed by atoms with Crippen molar-refractivity contribution in [2.75, 3.05) is 35.2 Å². The average Bonchev–Trinajstić information content (AvgIpc) is 3.36. The van der Waals surface area contributed by atoms with Gasteiger partial charge in [0.25, 0.3) is 11.8 Å². The van der Waals surface area contributed by atoms with E-state index < -0.39 is 0 Å². The maximum absolute atomic E-state index is 12.8. The Balaban J connectivity index is 1.39. The zero-order valence-electron chi connectivity index (χ0n) is 17.4. The fourth-order valence-electron chi connectivity index (χ4n) is 3.39. The van der Waals surface area contributed by atoms with Gasteiger partial charge in [0.15, 0.2) is 0 Å². The molecule has 0 atom stereocenters. The number of rotatable bonds is 6. The fourth-order valence-corrected chi connectivity index (χ4v) is 4.91. The summed E-state index contributed by atoms with van der Waals surface area (Å²) in [5.74, 6) is 1.55. The molecule has 0 spiro atoms. The van der Waals surface area contributed by atoms with Crippen molar-refractivity contribution in [3.63, 3.8) is 0 Å². The van der Waals surface area contributed by atoms with Crippen LogP contribution in [0.15, 0.2) is 66.0 Å². The van der Waals surface area contributed by atoms with E-state index in [0.29, 0.717) is 28.2 Å². The Kier molecular flexibility index (Phi) is 7.24. The molecule has 0 saturated carbocycles. The molecule has 164 valence electrons. The minimum atomic E-state index is -0.318. The third-order valence-corrected chi connectivity index (χ3v) is 6.91. The van der Waals surface area contributed by atoms with Crippen LogP contribution in [0.4, 0.5) is 11.4 Å². The molecule has 2 heterocycles. The van der Waals surface area contributed by atoms with E-state index in [9.17, 15) is 14.4 Å². The number of thioether (sulfide) groups is 1. The van der Waals surface area contributed by atoms with Crippen molar-refractivity contribution in [1.29, 1.82) is 0 Å². The molecule has 3 aromatic rings. The summed E-state index contributed by atoms with van der Waals surface area (Å²) in [6.07, 6.45) is 0.358. The van der Waals surface area contributed by atoms with Gasteiger partial charge < -0.3 is 15.5 Å². The van der Waals surface area contributed by atoms with Gasteiger partial charge in [0.1, 0.15) is 0 Å². The van der Waals surface area contributed by atoms with Crippen LogP contribution in [0.25, 0.3) is 0 Å². The third kappa shape index (κ3) is 5.57. The van der Waals surface area contributed by atoms with Gasteiger partial charge in [-0.3, -0.25) is 14.4 Å². The highest BCUT2D eigenvalue weighted by Gasteiger charge is 2.17. The molecule has 4 rings (SSSR count). The number of amides is 3. The van der Waals surface area contributed by atoms with E-state index in [-0.39, 0.29) is 17.7 Å². The van der Waals surface area contributed by atoms with E-state index in [1.54, 1.807) is 48.5 Å². The minimum absolute atomic E-state index is 0.137. The van der Waals surface area contributed by atoms with Crippen LogP contribution >= 0.6 is 23.1 Å². The quantitative estimate of drug-likeness (QED) is 0.567. The maximum Gasteiger partial charge on any atom is 0.265 e. The average molecular weight is 466 g/mol. The Morgan fingerprint density at radius 2 is 1.59 bits per heavy atom. The first-order valence-corrected chi connectivity index (χ1v) is 12.3. The van der Waals surface area contributed by atoms with E-state index in [0.717, 1.165) is 30.2 Å². The van der Waals surface area contributed by atoms with Crippen LogP contribution in [-0.4, -0.2) is 47.2 Å². The highest BCUT2D eigenvalue weighted by atomic mass is 32.2. The summed E-state index contributed by atoms with van der Waals surface area (Å²) in [6.45, 7) is 1.61. The lowest BCUT2D eigenvalue weighted by Gasteiger charge is -2.26. The van der Waals surface area contributed by atoms with Crippen LogP contribution in [0.1, 0.15) is 25.6 Å². The topological polar surface area (TPSA) is 78.5 Å². The fraction of sp³-hybridized carbons (Fsp3) is 0.208. The molecule has 6 nitrogen and oxygen atoms in total. The van der Waals surface area contributed by atoms with E-state index in [4.69, 9.17) is 0 Å². The van der Waals surface area contributed by atoms with Crippen LogP contribution in [-0.2, 0) is 11.2 Å². The van der Waals surface area contributed by atoms with Crippen molar-refractivity contribution >= 4 is 52.2 Å². The van der Waals surface area contributed by atoms with Gasteiger partial charge in [0.05, 0.1) is 22.5 Å². The van der Waals surface area contributed by atoms with Gasteiger partial charge in [-0.2, -0.15) is 11.8 Å². The number of hydrogen-bond donors (Lipinski definition) is 2. The molecule has 0 unspecified atom stereocenters. The first kappa shape index (κ1) is 22.1. The number of anilines is 2. The van der Waals surface area contributed by atoms with Gasteiger partial charge in [-0.1, -0.05) is 30.3 Å². The highest BCUT2D eigenvalue weighted by molar-refractivity contribution is 7.99. The van der Waals surface area contributed by atoms with Gasteiger partial charge in [0.2, 0.25) is 5.91 Å².